The fraction of sp³-hybridized carbons (Fsp3) is 0.533. The van der Waals surface area contributed by atoms with Gasteiger partial charge < -0.3 is 10.0 Å². The van der Waals surface area contributed by atoms with E-state index in [9.17, 15) is 14.7 Å². The lowest BCUT2D eigenvalue weighted by Gasteiger charge is -2.33. The first-order valence-electron chi connectivity index (χ1n) is 7.24. The molecule has 3 rings (SSSR count). The summed E-state index contributed by atoms with van der Waals surface area (Å²) < 4.78 is 0.610. The Morgan fingerprint density at radius 1 is 1.33 bits per heavy atom. The van der Waals surface area contributed by atoms with Crippen molar-refractivity contribution in [3.05, 3.63) is 28.5 Å². The van der Waals surface area contributed by atoms with Gasteiger partial charge in [0.2, 0.25) is 0 Å². The number of carbonyl (C=O) groups excluding carboxylic acids is 1. The molecule has 1 aliphatic carbocycles. The number of hydrogen-bond donors (Lipinski definition) is 1. The number of fused-ring (bicyclic) bond motifs is 1. The summed E-state index contributed by atoms with van der Waals surface area (Å²) in [4.78, 5) is 30.0. The highest BCUT2D eigenvalue weighted by molar-refractivity contribution is 9.10. The van der Waals surface area contributed by atoms with Gasteiger partial charge in [0, 0.05) is 22.9 Å². The summed E-state index contributed by atoms with van der Waals surface area (Å²) in [5, 5.41) is 9.48. The number of nitrogens with zero attached hydrogens (tertiary/aromatic N) is 2. The molecule has 1 saturated carbocycles. The molecular weight excluding hydrogens is 336 g/mol. The minimum absolute atomic E-state index is 0.0624. The van der Waals surface area contributed by atoms with Gasteiger partial charge in [-0.15, -0.1) is 0 Å². The van der Waals surface area contributed by atoms with Crippen molar-refractivity contribution in [2.75, 3.05) is 0 Å². The van der Waals surface area contributed by atoms with Crippen molar-refractivity contribution in [1.82, 2.24) is 9.88 Å². The summed E-state index contributed by atoms with van der Waals surface area (Å²) in [6.45, 7) is 0. The molecule has 6 heteroatoms. The molecule has 2 heterocycles. The maximum absolute atomic E-state index is 12.8. The first-order chi connectivity index (χ1) is 10.1. The van der Waals surface area contributed by atoms with Crippen LogP contribution in [-0.4, -0.2) is 39.0 Å². The van der Waals surface area contributed by atoms with Crippen molar-refractivity contribution in [2.45, 2.75) is 44.2 Å². The second-order valence-electron chi connectivity index (χ2n) is 5.77. The molecule has 1 amide bonds. The van der Waals surface area contributed by atoms with Crippen LogP contribution < -0.4 is 0 Å². The molecular formula is C15H17BrN2O3. The van der Waals surface area contributed by atoms with Crippen molar-refractivity contribution in [2.24, 2.45) is 5.92 Å². The van der Waals surface area contributed by atoms with Crippen LogP contribution in [0.2, 0.25) is 0 Å². The summed E-state index contributed by atoms with van der Waals surface area (Å²) in [7, 11) is 0. The molecule has 2 fully saturated rings. The Morgan fingerprint density at radius 3 is 2.81 bits per heavy atom. The molecule has 1 N–H and O–H groups in total. The molecule has 1 aliphatic heterocycles. The third-order valence-corrected chi connectivity index (χ3v) is 5.24. The van der Waals surface area contributed by atoms with Crippen LogP contribution in [0.25, 0.3) is 0 Å². The van der Waals surface area contributed by atoms with Crippen LogP contribution in [0.15, 0.2) is 22.9 Å². The second kappa shape index (κ2) is 5.75. The lowest BCUT2D eigenvalue weighted by molar-refractivity contribution is -0.141. The Labute approximate surface area is 131 Å². The maximum atomic E-state index is 12.8. The van der Waals surface area contributed by atoms with Crippen molar-refractivity contribution in [3.8, 4) is 0 Å². The van der Waals surface area contributed by atoms with Crippen molar-refractivity contribution in [3.63, 3.8) is 0 Å². The van der Waals surface area contributed by atoms with Crippen LogP contribution in [0.3, 0.4) is 0 Å². The predicted molar refractivity (Wildman–Crippen MR) is 79.9 cm³/mol. The zero-order chi connectivity index (χ0) is 15.0. The monoisotopic (exact) mass is 352 g/mol. The summed E-state index contributed by atoms with van der Waals surface area (Å²) in [6.07, 6.45) is 7.83. The normalized spacial score (nSPS) is 28.2. The molecule has 0 radical (unpaired) electrons. The molecule has 2 aliphatic rings. The lowest BCUT2D eigenvalue weighted by atomic mass is 9.84. The number of carboxylic acids is 1. The number of rotatable bonds is 2. The van der Waals surface area contributed by atoms with E-state index in [4.69, 9.17) is 0 Å². The number of aliphatic carboxylic acids is 1. The van der Waals surface area contributed by atoms with Gasteiger partial charge in [-0.2, -0.15) is 0 Å². The highest BCUT2D eigenvalue weighted by atomic mass is 79.9. The van der Waals surface area contributed by atoms with Gasteiger partial charge in [0.1, 0.15) is 6.04 Å². The van der Waals surface area contributed by atoms with Gasteiger partial charge in [-0.1, -0.05) is 12.8 Å². The Morgan fingerprint density at radius 2 is 2.10 bits per heavy atom. The van der Waals surface area contributed by atoms with Gasteiger partial charge in [0.15, 0.2) is 0 Å². The average Bonchev–Trinajstić information content (AvgIpc) is 2.86. The first kappa shape index (κ1) is 14.5. The van der Waals surface area contributed by atoms with Gasteiger partial charge in [-0.05, 0) is 47.2 Å². The summed E-state index contributed by atoms with van der Waals surface area (Å²) in [5.41, 5.74) is 0.488. The van der Waals surface area contributed by atoms with Gasteiger partial charge >= 0.3 is 5.97 Å². The molecule has 21 heavy (non-hydrogen) atoms. The Kier molecular flexibility index (Phi) is 3.97. The zero-order valence-corrected chi connectivity index (χ0v) is 13.1. The average molecular weight is 353 g/mol. The summed E-state index contributed by atoms with van der Waals surface area (Å²) in [6, 6.07) is 1.000. The van der Waals surface area contributed by atoms with Crippen LogP contribution in [-0.2, 0) is 4.79 Å². The van der Waals surface area contributed by atoms with E-state index in [0.717, 1.165) is 25.7 Å². The van der Waals surface area contributed by atoms with E-state index < -0.39 is 12.0 Å². The Balaban J connectivity index is 1.95. The number of likely N-dealkylation sites (tertiary alicyclic amines) is 1. The number of carbonyl (C=O) groups is 2. The van der Waals surface area contributed by atoms with Crippen LogP contribution in [0, 0.1) is 5.92 Å². The van der Waals surface area contributed by atoms with E-state index in [-0.39, 0.29) is 11.9 Å². The number of hydrogen-bond acceptors (Lipinski definition) is 3. The van der Waals surface area contributed by atoms with Crippen molar-refractivity contribution in [1.29, 1.82) is 0 Å². The van der Waals surface area contributed by atoms with Gasteiger partial charge in [0.25, 0.3) is 5.91 Å². The van der Waals surface area contributed by atoms with Crippen LogP contribution >= 0.6 is 15.9 Å². The molecule has 0 spiro atoms. The van der Waals surface area contributed by atoms with E-state index in [1.54, 1.807) is 23.4 Å². The van der Waals surface area contributed by atoms with Crippen molar-refractivity contribution < 1.29 is 14.7 Å². The first-order valence-corrected chi connectivity index (χ1v) is 8.04. The topological polar surface area (TPSA) is 70.5 Å². The molecule has 1 saturated heterocycles. The van der Waals surface area contributed by atoms with Gasteiger partial charge in [0.05, 0.1) is 5.56 Å². The third-order valence-electron chi connectivity index (χ3n) is 4.61. The Bertz CT molecular complexity index is 578. The number of aromatic nitrogens is 1. The minimum Gasteiger partial charge on any atom is -0.480 e. The van der Waals surface area contributed by atoms with Crippen molar-refractivity contribution >= 4 is 27.8 Å². The fourth-order valence-corrected chi connectivity index (χ4v) is 4.08. The summed E-state index contributed by atoms with van der Waals surface area (Å²) in [5.74, 6) is -0.779. The lowest BCUT2D eigenvalue weighted by Crippen LogP contribution is -2.46. The second-order valence-corrected chi connectivity index (χ2v) is 6.62. The SMILES string of the molecule is O=C(O)C1CC2CCCCC2N1C(=O)c1ccncc1Br. The number of carboxylic acid groups (broad SMARTS) is 1. The molecule has 5 nitrogen and oxygen atoms in total. The largest absolute Gasteiger partial charge is 0.480 e. The number of pyridine rings is 1. The van der Waals surface area contributed by atoms with E-state index in [0.29, 0.717) is 22.4 Å². The van der Waals surface area contributed by atoms with E-state index >= 15 is 0 Å². The maximum Gasteiger partial charge on any atom is 0.326 e. The number of halogens is 1. The standard InChI is InChI=1S/C15H17BrN2O3/c16-11-8-17-6-5-10(11)14(19)18-12-4-2-1-3-9(12)7-13(18)15(20)21/h5-6,8-9,12-13H,1-4,7H2,(H,20,21). The Hall–Kier alpha value is -1.43. The summed E-state index contributed by atoms with van der Waals surface area (Å²) >= 11 is 3.33. The minimum atomic E-state index is -0.900. The van der Waals surface area contributed by atoms with E-state index in [1.807, 2.05) is 0 Å². The predicted octanol–water partition coefficient (Wildman–Crippen LogP) is 2.70. The van der Waals surface area contributed by atoms with Gasteiger partial charge in [-0.25, -0.2) is 4.79 Å². The zero-order valence-electron chi connectivity index (χ0n) is 11.5. The highest BCUT2D eigenvalue weighted by Gasteiger charge is 2.47. The number of amides is 1. The molecule has 0 bridgehead atoms. The van der Waals surface area contributed by atoms with Crippen LogP contribution in [0.4, 0.5) is 0 Å². The smallest absolute Gasteiger partial charge is 0.326 e. The van der Waals surface area contributed by atoms with Crippen LogP contribution in [0.1, 0.15) is 42.5 Å². The third kappa shape index (κ3) is 2.57. The fourth-order valence-electron chi connectivity index (χ4n) is 3.66. The van der Waals surface area contributed by atoms with Crippen LogP contribution in [0.5, 0.6) is 0 Å². The molecule has 1 aromatic rings. The molecule has 112 valence electrons. The molecule has 3 unspecified atom stereocenters. The molecule has 0 aromatic carbocycles. The van der Waals surface area contributed by atoms with E-state index in [1.165, 1.54) is 0 Å². The van der Waals surface area contributed by atoms with E-state index in [2.05, 4.69) is 20.9 Å². The molecule has 3 atom stereocenters. The highest BCUT2D eigenvalue weighted by Crippen LogP contribution is 2.40. The quantitative estimate of drug-likeness (QED) is 0.888. The van der Waals surface area contributed by atoms with Gasteiger partial charge in [-0.3, -0.25) is 9.78 Å². The molecule has 1 aromatic heterocycles.